The molecule has 1 atom stereocenters. The van der Waals surface area contributed by atoms with E-state index in [2.05, 4.69) is 4.74 Å². The molecule has 1 fully saturated rings. The summed E-state index contributed by atoms with van der Waals surface area (Å²) >= 11 is 0. The average molecular weight is 170 g/mol. The van der Waals surface area contributed by atoms with Crippen LogP contribution in [0.2, 0.25) is 0 Å². The van der Waals surface area contributed by atoms with Crippen molar-refractivity contribution in [2.75, 3.05) is 0 Å². The number of cyclic esters (lactones) is 2. The van der Waals surface area contributed by atoms with Gasteiger partial charge in [-0.25, -0.2) is 0 Å². The molecule has 0 spiro atoms. The molecule has 0 bridgehead atoms. The molecule has 1 saturated heterocycles. The van der Waals surface area contributed by atoms with E-state index in [0.29, 0.717) is 5.92 Å². The smallest absolute Gasteiger partial charge is 0.317 e. The lowest BCUT2D eigenvalue weighted by molar-refractivity contribution is -0.153. The minimum atomic E-state index is -0.364. The van der Waals surface area contributed by atoms with Crippen molar-refractivity contribution in [3.8, 4) is 0 Å². The molecule has 1 unspecified atom stereocenters. The molecular formula is C9H14O3. The first kappa shape index (κ1) is 9.23. The molecule has 0 radical (unpaired) electrons. The number of rotatable bonds is 3. The minimum Gasteiger partial charge on any atom is -0.393 e. The standard InChI is InChI=1S/C9H14O3/c1-3-6(4-2)7-5-8(10)12-9(7)11/h6-7H,3-5H2,1-2H3. The highest BCUT2D eigenvalue weighted by Crippen LogP contribution is 2.28. The van der Waals surface area contributed by atoms with E-state index in [1.807, 2.05) is 13.8 Å². The van der Waals surface area contributed by atoms with Crippen molar-refractivity contribution in [3.63, 3.8) is 0 Å². The molecule has 1 rings (SSSR count). The van der Waals surface area contributed by atoms with Gasteiger partial charge in [0.1, 0.15) is 0 Å². The summed E-state index contributed by atoms with van der Waals surface area (Å²) < 4.78 is 4.48. The second kappa shape index (κ2) is 3.70. The highest BCUT2D eigenvalue weighted by molar-refractivity contribution is 5.94. The molecule has 0 saturated carbocycles. The van der Waals surface area contributed by atoms with Gasteiger partial charge in [0.2, 0.25) is 0 Å². The Bertz CT molecular complexity index is 194. The van der Waals surface area contributed by atoms with Crippen LogP contribution in [0.4, 0.5) is 0 Å². The fourth-order valence-corrected chi connectivity index (χ4v) is 1.71. The molecule has 1 aliphatic heterocycles. The van der Waals surface area contributed by atoms with Gasteiger partial charge in [0, 0.05) is 0 Å². The Balaban J connectivity index is 2.62. The van der Waals surface area contributed by atoms with Crippen molar-refractivity contribution in [3.05, 3.63) is 0 Å². The van der Waals surface area contributed by atoms with Crippen molar-refractivity contribution >= 4 is 11.9 Å². The van der Waals surface area contributed by atoms with Crippen LogP contribution in [0.1, 0.15) is 33.1 Å². The summed E-state index contributed by atoms with van der Waals surface area (Å²) in [4.78, 5) is 21.9. The molecule has 0 aliphatic carbocycles. The van der Waals surface area contributed by atoms with Crippen molar-refractivity contribution < 1.29 is 14.3 Å². The Morgan fingerprint density at radius 3 is 2.33 bits per heavy atom. The van der Waals surface area contributed by atoms with Gasteiger partial charge in [0.05, 0.1) is 12.3 Å². The third kappa shape index (κ3) is 1.65. The number of hydrogen-bond donors (Lipinski definition) is 0. The summed E-state index contributed by atoms with van der Waals surface area (Å²) in [7, 11) is 0. The van der Waals surface area contributed by atoms with Gasteiger partial charge in [-0.1, -0.05) is 26.7 Å². The maximum absolute atomic E-state index is 11.1. The first-order valence-electron chi connectivity index (χ1n) is 4.43. The monoisotopic (exact) mass is 170 g/mol. The number of carbonyl (C=O) groups is 2. The SMILES string of the molecule is CCC(CC)C1CC(=O)OC1=O. The molecule has 0 aromatic rings. The van der Waals surface area contributed by atoms with E-state index >= 15 is 0 Å². The number of ether oxygens (including phenoxy) is 1. The predicted octanol–water partition coefficient (Wildman–Crippen LogP) is 1.51. The highest BCUT2D eigenvalue weighted by atomic mass is 16.6. The molecule has 1 heterocycles. The fraction of sp³-hybridized carbons (Fsp3) is 0.778. The van der Waals surface area contributed by atoms with Crippen LogP contribution in [0.5, 0.6) is 0 Å². The first-order chi connectivity index (χ1) is 5.69. The predicted molar refractivity (Wildman–Crippen MR) is 43.3 cm³/mol. The summed E-state index contributed by atoms with van der Waals surface area (Å²) in [5.41, 5.74) is 0. The molecule has 12 heavy (non-hydrogen) atoms. The van der Waals surface area contributed by atoms with E-state index in [0.717, 1.165) is 12.8 Å². The fourth-order valence-electron chi connectivity index (χ4n) is 1.71. The summed E-state index contributed by atoms with van der Waals surface area (Å²) in [6, 6.07) is 0. The topological polar surface area (TPSA) is 43.4 Å². The Labute approximate surface area is 72.1 Å². The van der Waals surface area contributed by atoms with Gasteiger partial charge in [0.15, 0.2) is 0 Å². The lowest BCUT2D eigenvalue weighted by Crippen LogP contribution is -2.18. The van der Waals surface area contributed by atoms with Crippen LogP contribution in [0.25, 0.3) is 0 Å². The Morgan fingerprint density at radius 2 is 2.00 bits per heavy atom. The van der Waals surface area contributed by atoms with Crippen LogP contribution < -0.4 is 0 Å². The largest absolute Gasteiger partial charge is 0.393 e. The van der Waals surface area contributed by atoms with Crippen LogP contribution in [0.15, 0.2) is 0 Å². The molecule has 3 nitrogen and oxygen atoms in total. The van der Waals surface area contributed by atoms with Crippen LogP contribution >= 0.6 is 0 Å². The minimum absolute atomic E-state index is 0.174. The van der Waals surface area contributed by atoms with Crippen molar-refractivity contribution in [2.45, 2.75) is 33.1 Å². The van der Waals surface area contributed by atoms with E-state index in [4.69, 9.17) is 0 Å². The second-order valence-electron chi connectivity index (χ2n) is 3.18. The normalized spacial score (nSPS) is 23.4. The first-order valence-corrected chi connectivity index (χ1v) is 4.43. The van der Waals surface area contributed by atoms with Crippen LogP contribution in [0.3, 0.4) is 0 Å². The Morgan fingerprint density at radius 1 is 1.42 bits per heavy atom. The van der Waals surface area contributed by atoms with Gasteiger partial charge in [-0.3, -0.25) is 9.59 Å². The Hall–Kier alpha value is -0.860. The van der Waals surface area contributed by atoms with Gasteiger partial charge in [-0.15, -0.1) is 0 Å². The third-order valence-corrected chi connectivity index (χ3v) is 2.52. The van der Waals surface area contributed by atoms with E-state index in [-0.39, 0.29) is 24.3 Å². The quantitative estimate of drug-likeness (QED) is 0.476. The average Bonchev–Trinajstić information content (AvgIpc) is 2.34. The van der Waals surface area contributed by atoms with Crippen LogP contribution in [-0.4, -0.2) is 11.9 Å². The van der Waals surface area contributed by atoms with Crippen molar-refractivity contribution in [1.29, 1.82) is 0 Å². The summed E-state index contributed by atoms with van der Waals surface area (Å²) in [5, 5.41) is 0. The summed E-state index contributed by atoms with van der Waals surface area (Å²) in [6.45, 7) is 4.06. The number of carbonyl (C=O) groups excluding carboxylic acids is 2. The summed E-state index contributed by atoms with van der Waals surface area (Å²) in [5.74, 6) is -0.554. The molecule has 0 aromatic heterocycles. The van der Waals surface area contributed by atoms with E-state index in [1.165, 1.54) is 0 Å². The lowest BCUT2D eigenvalue weighted by Gasteiger charge is -2.14. The van der Waals surface area contributed by atoms with Crippen molar-refractivity contribution in [1.82, 2.24) is 0 Å². The van der Waals surface area contributed by atoms with Gasteiger partial charge < -0.3 is 4.74 Å². The number of hydrogen-bond acceptors (Lipinski definition) is 3. The zero-order valence-corrected chi connectivity index (χ0v) is 7.50. The van der Waals surface area contributed by atoms with Gasteiger partial charge in [-0.05, 0) is 5.92 Å². The highest BCUT2D eigenvalue weighted by Gasteiger charge is 2.37. The third-order valence-electron chi connectivity index (χ3n) is 2.52. The zero-order chi connectivity index (χ0) is 9.14. The maximum atomic E-state index is 11.1. The zero-order valence-electron chi connectivity index (χ0n) is 7.50. The lowest BCUT2D eigenvalue weighted by atomic mass is 9.87. The molecule has 0 aromatic carbocycles. The Kier molecular flexibility index (Phi) is 2.84. The van der Waals surface area contributed by atoms with Crippen LogP contribution in [0, 0.1) is 11.8 Å². The molecule has 0 N–H and O–H groups in total. The number of esters is 2. The van der Waals surface area contributed by atoms with Gasteiger partial charge in [0.25, 0.3) is 0 Å². The molecule has 68 valence electrons. The molecule has 3 heteroatoms. The maximum Gasteiger partial charge on any atom is 0.317 e. The molecule has 0 amide bonds. The molecular weight excluding hydrogens is 156 g/mol. The summed E-state index contributed by atoms with van der Waals surface area (Å²) in [6.07, 6.45) is 2.15. The van der Waals surface area contributed by atoms with Gasteiger partial charge >= 0.3 is 11.9 Å². The van der Waals surface area contributed by atoms with Crippen LogP contribution in [-0.2, 0) is 14.3 Å². The van der Waals surface area contributed by atoms with E-state index in [1.54, 1.807) is 0 Å². The van der Waals surface area contributed by atoms with E-state index < -0.39 is 0 Å². The molecule has 1 aliphatic rings. The van der Waals surface area contributed by atoms with E-state index in [9.17, 15) is 9.59 Å². The second-order valence-corrected chi connectivity index (χ2v) is 3.18. The van der Waals surface area contributed by atoms with Crippen molar-refractivity contribution in [2.24, 2.45) is 11.8 Å². The van der Waals surface area contributed by atoms with Gasteiger partial charge in [-0.2, -0.15) is 0 Å².